The van der Waals surface area contributed by atoms with Gasteiger partial charge < -0.3 is 9.47 Å². The quantitative estimate of drug-likeness (QED) is 0.437. The lowest BCUT2D eigenvalue weighted by Crippen LogP contribution is -2.26. The van der Waals surface area contributed by atoms with Crippen LogP contribution in [0.3, 0.4) is 0 Å². The molecule has 124 valence electrons. The minimum absolute atomic E-state index is 0.0109. The Hall–Kier alpha value is -2.66. The zero-order valence-corrected chi connectivity index (χ0v) is 13.7. The third-order valence-corrected chi connectivity index (χ3v) is 3.55. The van der Waals surface area contributed by atoms with Gasteiger partial charge in [0.25, 0.3) is 0 Å². The summed E-state index contributed by atoms with van der Waals surface area (Å²) in [6.45, 7) is 6.95. The van der Waals surface area contributed by atoms with E-state index in [4.69, 9.17) is 21.1 Å². The van der Waals surface area contributed by atoms with E-state index < -0.39 is 17.9 Å². The monoisotopic (exact) mass is 345 g/mol. The van der Waals surface area contributed by atoms with Crippen molar-refractivity contribution in [3.63, 3.8) is 0 Å². The van der Waals surface area contributed by atoms with Crippen LogP contribution in [0, 0.1) is 0 Å². The largest absolute Gasteiger partial charge is 0.461 e. The second kappa shape index (κ2) is 8.26. The van der Waals surface area contributed by atoms with Gasteiger partial charge in [-0.05, 0) is 18.2 Å². The molecule has 1 aromatic heterocycles. The first-order valence-corrected chi connectivity index (χ1v) is 7.56. The molecule has 0 aliphatic rings. The van der Waals surface area contributed by atoms with Crippen LogP contribution < -0.4 is 0 Å². The van der Waals surface area contributed by atoms with Gasteiger partial charge in [0.2, 0.25) is 0 Å². The van der Waals surface area contributed by atoms with Crippen LogP contribution in [0.15, 0.2) is 55.8 Å². The Bertz CT molecular complexity index is 764. The second-order valence-electron chi connectivity index (χ2n) is 4.81. The molecule has 2 aromatic rings. The summed E-state index contributed by atoms with van der Waals surface area (Å²) in [5.74, 6) is -2.74. The Balaban J connectivity index is 2.52. The third-order valence-electron chi connectivity index (χ3n) is 3.22. The number of ether oxygens (including phenoxy) is 2. The van der Waals surface area contributed by atoms with Crippen LogP contribution in [0.2, 0.25) is 5.02 Å². The molecule has 0 fully saturated rings. The van der Waals surface area contributed by atoms with Gasteiger partial charge in [0.05, 0.1) is 5.52 Å². The molecule has 1 aromatic carbocycles. The predicted molar refractivity (Wildman–Crippen MR) is 91.8 cm³/mol. The van der Waals surface area contributed by atoms with Crippen LogP contribution in [0.5, 0.6) is 0 Å². The van der Waals surface area contributed by atoms with Crippen molar-refractivity contribution in [1.29, 1.82) is 0 Å². The highest BCUT2D eigenvalue weighted by Crippen LogP contribution is 2.31. The number of fused-ring (bicyclic) bond motifs is 1. The van der Waals surface area contributed by atoms with Crippen molar-refractivity contribution in [2.24, 2.45) is 0 Å². The zero-order valence-electron chi connectivity index (χ0n) is 12.9. The molecule has 0 spiro atoms. The van der Waals surface area contributed by atoms with Gasteiger partial charge >= 0.3 is 11.9 Å². The molecule has 0 aliphatic heterocycles. The zero-order chi connectivity index (χ0) is 17.5. The molecule has 0 saturated heterocycles. The van der Waals surface area contributed by atoms with Gasteiger partial charge in [0.15, 0.2) is 5.92 Å². The number of nitrogens with zero attached hydrogens (tertiary/aromatic N) is 1. The summed E-state index contributed by atoms with van der Waals surface area (Å²) < 4.78 is 10.1. The van der Waals surface area contributed by atoms with E-state index in [1.807, 2.05) is 0 Å². The summed E-state index contributed by atoms with van der Waals surface area (Å²) >= 11 is 6.16. The van der Waals surface area contributed by atoms with Crippen molar-refractivity contribution >= 4 is 34.4 Å². The smallest absolute Gasteiger partial charge is 0.325 e. The van der Waals surface area contributed by atoms with Gasteiger partial charge in [0.1, 0.15) is 13.2 Å². The first-order chi connectivity index (χ1) is 11.6. The molecule has 0 amide bonds. The fourth-order valence-corrected chi connectivity index (χ4v) is 2.41. The van der Waals surface area contributed by atoms with Crippen molar-refractivity contribution in [2.45, 2.75) is 5.92 Å². The van der Waals surface area contributed by atoms with Crippen molar-refractivity contribution < 1.29 is 19.1 Å². The number of benzene rings is 1. The SMILES string of the molecule is C=CCOC(=O)C(C(=O)OCC=C)c1ccc(Cl)c2cccnc12. The lowest BCUT2D eigenvalue weighted by molar-refractivity contribution is -0.156. The van der Waals surface area contributed by atoms with Crippen LogP contribution in [0.25, 0.3) is 10.9 Å². The van der Waals surface area contributed by atoms with E-state index >= 15 is 0 Å². The van der Waals surface area contributed by atoms with Gasteiger partial charge in [-0.15, -0.1) is 0 Å². The number of rotatable bonds is 7. The fourth-order valence-electron chi connectivity index (χ4n) is 2.19. The Morgan fingerprint density at radius 3 is 2.33 bits per heavy atom. The Morgan fingerprint density at radius 1 is 1.12 bits per heavy atom. The second-order valence-corrected chi connectivity index (χ2v) is 5.21. The number of aromatic nitrogens is 1. The van der Waals surface area contributed by atoms with Gasteiger partial charge in [0, 0.05) is 22.2 Å². The van der Waals surface area contributed by atoms with Gasteiger partial charge in [-0.3, -0.25) is 14.6 Å². The summed E-state index contributed by atoms with van der Waals surface area (Å²) in [5.41, 5.74) is 0.819. The number of esters is 2. The van der Waals surface area contributed by atoms with Crippen molar-refractivity contribution in [3.8, 4) is 0 Å². The molecule has 0 N–H and O–H groups in total. The van der Waals surface area contributed by atoms with E-state index in [-0.39, 0.29) is 13.2 Å². The number of hydrogen-bond donors (Lipinski definition) is 0. The summed E-state index contributed by atoms with van der Waals surface area (Å²) in [5, 5.41) is 1.11. The maximum Gasteiger partial charge on any atom is 0.325 e. The molecular weight excluding hydrogens is 330 g/mol. The minimum Gasteiger partial charge on any atom is -0.461 e. The van der Waals surface area contributed by atoms with E-state index in [0.717, 1.165) is 0 Å². The van der Waals surface area contributed by atoms with E-state index in [2.05, 4.69) is 18.1 Å². The molecule has 2 rings (SSSR count). The van der Waals surface area contributed by atoms with E-state index in [1.165, 1.54) is 12.2 Å². The number of halogens is 1. The Labute approximate surface area is 144 Å². The summed E-state index contributed by atoms with van der Waals surface area (Å²) in [4.78, 5) is 29.0. The molecule has 0 aliphatic carbocycles. The number of hydrogen-bond acceptors (Lipinski definition) is 5. The van der Waals surface area contributed by atoms with Crippen LogP contribution in [0.4, 0.5) is 0 Å². The fraction of sp³-hybridized carbons (Fsp3) is 0.167. The van der Waals surface area contributed by atoms with Crippen molar-refractivity contribution in [3.05, 3.63) is 66.4 Å². The third kappa shape index (κ3) is 3.81. The Morgan fingerprint density at radius 2 is 1.75 bits per heavy atom. The highest BCUT2D eigenvalue weighted by molar-refractivity contribution is 6.35. The molecule has 1 heterocycles. The summed E-state index contributed by atoms with van der Waals surface area (Å²) in [7, 11) is 0. The molecule has 0 atom stereocenters. The van der Waals surface area contributed by atoms with Crippen LogP contribution in [-0.4, -0.2) is 30.1 Å². The van der Waals surface area contributed by atoms with E-state index in [1.54, 1.807) is 30.5 Å². The lowest BCUT2D eigenvalue weighted by Gasteiger charge is -2.16. The van der Waals surface area contributed by atoms with Gasteiger partial charge in [-0.1, -0.05) is 43.0 Å². The topological polar surface area (TPSA) is 65.5 Å². The van der Waals surface area contributed by atoms with Crippen molar-refractivity contribution in [2.75, 3.05) is 13.2 Å². The van der Waals surface area contributed by atoms with Crippen LogP contribution >= 0.6 is 11.6 Å². The maximum atomic E-state index is 12.4. The summed E-state index contributed by atoms with van der Waals surface area (Å²) in [6, 6.07) is 6.66. The number of carbonyl (C=O) groups is 2. The van der Waals surface area contributed by atoms with Crippen molar-refractivity contribution in [1.82, 2.24) is 4.98 Å². The average Bonchev–Trinajstić information content (AvgIpc) is 2.60. The van der Waals surface area contributed by atoms with Gasteiger partial charge in [-0.25, -0.2) is 0 Å². The number of carbonyl (C=O) groups excluding carboxylic acids is 2. The molecule has 0 radical (unpaired) electrons. The molecule has 0 bridgehead atoms. The average molecular weight is 346 g/mol. The normalized spacial score (nSPS) is 10.4. The summed E-state index contributed by atoms with van der Waals surface area (Å²) in [6.07, 6.45) is 4.40. The standard InChI is InChI=1S/C18H16ClNO4/c1-3-10-23-17(21)15(18(22)24-11-4-2)13-7-8-14(19)12-6-5-9-20-16(12)13/h3-9,15H,1-2,10-11H2. The van der Waals surface area contributed by atoms with Crippen LogP contribution in [0.1, 0.15) is 11.5 Å². The van der Waals surface area contributed by atoms with Gasteiger partial charge in [-0.2, -0.15) is 0 Å². The molecule has 0 saturated carbocycles. The molecule has 5 nitrogen and oxygen atoms in total. The Kier molecular flexibility index (Phi) is 6.09. The number of pyridine rings is 1. The highest BCUT2D eigenvalue weighted by Gasteiger charge is 2.33. The first-order valence-electron chi connectivity index (χ1n) is 7.18. The molecule has 6 heteroatoms. The first kappa shape index (κ1) is 17.7. The molecule has 0 unspecified atom stereocenters. The lowest BCUT2D eigenvalue weighted by atomic mass is 9.96. The van der Waals surface area contributed by atoms with E-state index in [0.29, 0.717) is 21.5 Å². The predicted octanol–water partition coefficient (Wildman–Crippen LogP) is 3.43. The maximum absolute atomic E-state index is 12.4. The van der Waals surface area contributed by atoms with E-state index in [9.17, 15) is 9.59 Å². The highest BCUT2D eigenvalue weighted by atomic mass is 35.5. The molecule has 24 heavy (non-hydrogen) atoms. The minimum atomic E-state index is -1.26. The van der Waals surface area contributed by atoms with Crippen LogP contribution in [-0.2, 0) is 19.1 Å². The molecular formula is C18H16ClNO4.